The van der Waals surface area contributed by atoms with Crippen molar-refractivity contribution in [3.05, 3.63) is 90.0 Å². The molecule has 8 nitrogen and oxygen atoms in total. The summed E-state index contributed by atoms with van der Waals surface area (Å²) < 4.78 is 48.1. The predicted octanol–water partition coefficient (Wildman–Crippen LogP) is 4.15. The average molecular weight is 453 g/mol. The van der Waals surface area contributed by atoms with Crippen LogP contribution in [0, 0.1) is 19.7 Å². The van der Waals surface area contributed by atoms with Crippen LogP contribution in [0.15, 0.2) is 67.3 Å². The van der Waals surface area contributed by atoms with E-state index >= 15 is 0 Å². The molecule has 0 saturated heterocycles. The van der Waals surface area contributed by atoms with Gasteiger partial charge in [0.25, 0.3) is 0 Å². The molecule has 0 saturated carbocycles. The van der Waals surface area contributed by atoms with Gasteiger partial charge in [0.05, 0.1) is 11.4 Å². The van der Waals surface area contributed by atoms with Crippen LogP contribution in [0.5, 0.6) is 11.6 Å². The number of halogens is 1. The second-order valence-electron chi connectivity index (χ2n) is 7.12. The van der Waals surface area contributed by atoms with Crippen molar-refractivity contribution in [1.29, 1.82) is 0 Å². The third kappa shape index (κ3) is 5.09. The van der Waals surface area contributed by atoms with E-state index in [1.54, 1.807) is 42.7 Å². The highest BCUT2D eigenvalue weighted by atomic mass is 32.2. The summed E-state index contributed by atoms with van der Waals surface area (Å²) in [7, 11) is -3.70. The summed E-state index contributed by atoms with van der Waals surface area (Å²) in [6.45, 7) is 3.86. The van der Waals surface area contributed by atoms with Crippen molar-refractivity contribution in [2.24, 2.45) is 0 Å². The van der Waals surface area contributed by atoms with Gasteiger partial charge in [0, 0.05) is 17.4 Å². The zero-order valence-electron chi connectivity index (χ0n) is 17.4. The predicted molar refractivity (Wildman–Crippen MR) is 118 cm³/mol. The van der Waals surface area contributed by atoms with Crippen molar-refractivity contribution in [2.75, 3.05) is 4.72 Å². The molecule has 0 fully saturated rings. The first kappa shape index (κ1) is 21.4. The minimum atomic E-state index is -3.70. The van der Waals surface area contributed by atoms with Gasteiger partial charge in [-0.2, -0.15) is 0 Å². The summed E-state index contributed by atoms with van der Waals surface area (Å²) in [6, 6.07) is 13.6. The normalized spacial score (nSPS) is 11.3. The molecule has 10 heteroatoms. The molecule has 2 aromatic heterocycles. The second-order valence-corrected chi connectivity index (χ2v) is 8.84. The van der Waals surface area contributed by atoms with E-state index in [9.17, 15) is 12.8 Å². The Labute approximate surface area is 184 Å². The maximum atomic E-state index is 13.3. The number of nitrogens with one attached hydrogen (secondary N) is 1. The highest BCUT2D eigenvalue weighted by Gasteiger charge is 2.13. The number of nitrogens with zero attached hydrogens (tertiary/aromatic N) is 4. The number of hydrogen-bond donors (Lipinski definition) is 1. The lowest BCUT2D eigenvalue weighted by molar-refractivity contribution is 0.461. The van der Waals surface area contributed by atoms with E-state index in [-0.39, 0.29) is 5.75 Å². The molecule has 32 heavy (non-hydrogen) atoms. The van der Waals surface area contributed by atoms with Gasteiger partial charge >= 0.3 is 0 Å². The second kappa shape index (κ2) is 8.75. The quantitative estimate of drug-likeness (QED) is 0.451. The molecule has 1 N–H and O–H groups in total. The molecule has 0 spiro atoms. The standard InChI is InChI=1S/C22H20FN5O3S/c1-15-16(2)28(14-26-15)21-11-22(25-13-24-21)31-20-8-6-19(7-9-20)27-32(29,30)12-17-4-3-5-18(23)10-17/h3-11,13-14,27H,12H2,1-2H3. The van der Waals surface area contributed by atoms with Crippen molar-refractivity contribution in [1.82, 2.24) is 19.5 Å². The maximum absolute atomic E-state index is 13.3. The van der Waals surface area contributed by atoms with E-state index in [1.165, 1.54) is 24.5 Å². The molecule has 0 aliphatic heterocycles. The number of aromatic nitrogens is 4. The van der Waals surface area contributed by atoms with Crippen LogP contribution in [-0.4, -0.2) is 27.9 Å². The topological polar surface area (TPSA) is 99.0 Å². The number of hydrogen-bond acceptors (Lipinski definition) is 6. The molecule has 0 unspecified atom stereocenters. The van der Waals surface area contributed by atoms with Crippen molar-refractivity contribution in [3.63, 3.8) is 0 Å². The van der Waals surface area contributed by atoms with Crippen LogP contribution in [-0.2, 0) is 15.8 Å². The molecule has 0 atom stereocenters. The lowest BCUT2D eigenvalue weighted by atomic mass is 10.2. The first-order valence-corrected chi connectivity index (χ1v) is 11.3. The lowest BCUT2D eigenvalue weighted by Crippen LogP contribution is -2.15. The fourth-order valence-corrected chi connectivity index (χ4v) is 4.21. The molecular weight excluding hydrogens is 433 g/mol. The lowest BCUT2D eigenvalue weighted by Gasteiger charge is -2.10. The summed E-state index contributed by atoms with van der Waals surface area (Å²) >= 11 is 0. The summed E-state index contributed by atoms with van der Waals surface area (Å²) in [6.07, 6.45) is 3.08. The van der Waals surface area contributed by atoms with Gasteiger partial charge in [-0.15, -0.1) is 0 Å². The molecule has 2 aromatic carbocycles. The molecule has 0 bridgehead atoms. The number of aryl methyl sites for hydroxylation is 1. The Bertz CT molecular complexity index is 1350. The summed E-state index contributed by atoms with van der Waals surface area (Å²) in [4.78, 5) is 12.6. The summed E-state index contributed by atoms with van der Waals surface area (Å²) in [5.74, 6) is 0.613. The fourth-order valence-electron chi connectivity index (χ4n) is 3.02. The van der Waals surface area contributed by atoms with Crippen LogP contribution in [0.25, 0.3) is 5.82 Å². The van der Waals surface area contributed by atoms with E-state index in [1.807, 2.05) is 18.4 Å². The van der Waals surface area contributed by atoms with Gasteiger partial charge in [0.15, 0.2) is 0 Å². The smallest absolute Gasteiger partial charge is 0.236 e. The number of sulfonamides is 1. The van der Waals surface area contributed by atoms with Gasteiger partial charge in [0.1, 0.15) is 30.0 Å². The third-order valence-corrected chi connectivity index (χ3v) is 5.98. The zero-order chi connectivity index (χ0) is 22.7. The molecule has 2 heterocycles. The van der Waals surface area contributed by atoms with E-state index in [0.29, 0.717) is 28.7 Å². The number of rotatable bonds is 7. The van der Waals surface area contributed by atoms with Crippen LogP contribution in [0.4, 0.5) is 10.1 Å². The van der Waals surface area contributed by atoms with Gasteiger partial charge in [0.2, 0.25) is 15.9 Å². The van der Waals surface area contributed by atoms with Gasteiger partial charge < -0.3 is 4.74 Å². The van der Waals surface area contributed by atoms with Crippen molar-refractivity contribution >= 4 is 15.7 Å². The van der Waals surface area contributed by atoms with Crippen LogP contribution >= 0.6 is 0 Å². The molecule has 0 aliphatic rings. The fraction of sp³-hybridized carbons (Fsp3) is 0.136. The number of ether oxygens (including phenoxy) is 1. The maximum Gasteiger partial charge on any atom is 0.236 e. The number of imidazole rings is 1. The van der Waals surface area contributed by atoms with E-state index in [0.717, 1.165) is 11.4 Å². The highest BCUT2D eigenvalue weighted by Crippen LogP contribution is 2.24. The Morgan fingerprint density at radius 2 is 1.81 bits per heavy atom. The Balaban J connectivity index is 1.44. The Morgan fingerprint density at radius 1 is 1.03 bits per heavy atom. The van der Waals surface area contributed by atoms with E-state index in [2.05, 4.69) is 19.7 Å². The van der Waals surface area contributed by atoms with Gasteiger partial charge in [-0.3, -0.25) is 9.29 Å². The zero-order valence-corrected chi connectivity index (χ0v) is 18.2. The summed E-state index contributed by atoms with van der Waals surface area (Å²) in [5, 5.41) is 0. The Morgan fingerprint density at radius 3 is 2.50 bits per heavy atom. The molecule has 0 radical (unpaired) electrons. The Kier molecular flexibility index (Phi) is 5.87. The van der Waals surface area contributed by atoms with Crippen LogP contribution in [0.1, 0.15) is 17.0 Å². The number of benzene rings is 2. The molecular formula is C22H20FN5O3S. The minimum absolute atomic E-state index is 0.333. The summed E-state index contributed by atoms with van der Waals surface area (Å²) in [5.41, 5.74) is 2.59. The SMILES string of the molecule is Cc1ncn(-c2cc(Oc3ccc(NS(=O)(=O)Cc4cccc(F)c4)cc3)ncn2)c1C. The average Bonchev–Trinajstić information content (AvgIpc) is 3.08. The molecule has 0 amide bonds. The highest BCUT2D eigenvalue weighted by molar-refractivity contribution is 7.91. The third-order valence-electron chi connectivity index (χ3n) is 4.72. The van der Waals surface area contributed by atoms with Crippen molar-refractivity contribution in [2.45, 2.75) is 19.6 Å². The monoisotopic (exact) mass is 453 g/mol. The van der Waals surface area contributed by atoms with E-state index < -0.39 is 15.8 Å². The van der Waals surface area contributed by atoms with Crippen LogP contribution in [0.2, 0.25) is 0 Å². The largest absolute Gasteiger partial charge is 0.439 e. The van der Waals surface area contributed by atoms with Gasteiger partial charge in [-0.1, -0.05) is 12.1 Å². The first-order chi connectivity index (χ1) is 15.3. The van der Waals surface area contributed by atoms with Gasteiger partial charge in [-0.05, 0) is 55.8 Å². The Hall–Kier alpha value is -3.79. The van der Waals surface area contributed by atoms with Crippen molar-refractivity contribution < 1.29 is 17.5 Å². The first-order valence-electron chi connectivity index (χ1n) is 9.65. The minimum Gasteiger partial charge on any atom is -0.439 e. The molecule has 0 aliphatic carbocycles. The van der Waals surface area contributed by atoms with Crippen LogP contribution < -0.4 is 9.46 Å². The molecule has 4 aromatic rings. The molecule has 4 rings (SSSR count). The van der Waals surface area contributed by atoms with Gasteiger partial charge in [-0.25, -0.2) is 27.8 Å². The van der Waals surface area contributed by atoms with Crippen molar-refractivity contribution in [3.8, 4) is 17.4 Å². The number of anilines is 1. The van der Waals surface area contributed by atoms with E-state index in [4.69, 9.17) is 4.74 Å². The molecule has 164 valence electrons. The van der Waals surface area contributed by atoms with Crippen LogP contribution in [0.3, 0.4) is 0 Å².